The molecule has 0 fully saturated rings. The first-order valence-corrected chi connectivity index (χ1v) is 5.00. The van der Waals surface area contributed by atoms with Crippen molar-refractivity contribution in [3.05, 3.63) is 35.0 Å². The number of rotatable bonds is 2. The van der Waals surface area contributed by atoms with E-state index < -0.39 is 5.97 Å². The molecule has 0 saturated carbocycles. The summed E-state index contributed by atoms with van der Waals surface area (Å²) in [6, 6.07) is 1.61. The molecule has 2 aromatic rings. The van der Waals surface area contributed by atoms with E-state index in [9.17, 15) is 4.79 Å². The third-order valence-electron chi connectivity index (χ3n) is 1.76. The second-order valence-electron chi connectivity index (χ2n) is 2.79. The van der Waals surface area contributed by atoms with Crippen molar-refractivity contribution in [3.63, 3.8) is 0 Å². The summed E-state index contributed by atoms with van der Waals surface area (Å²) in [5.74, 6) is -0.868. The van der Waals surface area contributed by atoms with Gasteiger partial charge in [-0.25, -0.2) is 24.7 Å². The number of hydrogen-bond donors (Lipinski definition) is 1. The van der Waals surface area contributed by atoms with E-state index in [4.69, 9.17) is 5.11 Å². The molecular weight excluding hydrogens is 276 g/mol. The van der Waals surface area contributed by atoms with Crippen LogP contribution in [-0.4, -0.2) is 31.0 Å². The van der Waals surface area contributed by atoms with E-state index in [-0.39, 0.29) is 11.5 Å². The summed E-state index contributed by atoms with van der Waals surface area (Å²) in [5, 5.41) is 8.88. The highest BCUT2D eigenvalue weighted by atomic mass is 79.9. The minimum Gasteiger partial charge on any atom is -0.476 e. The normalized spacial score (nSPS) is 10.1. The van der Waals surface area contributed by atoms with Crippen molar-refractivity contribution in [2.45, 2.75) is 0 Å². The fourth-order valence-corrected chi connectivity index (χ4v) is 1.42. The van der Waals surface area contributed by atoms with Gasteiger partial charge in [0.1, 0.15) is 12.0 Å². The van der Waals surface area contributed by atoms with Crippen LogP contribution in [0.25, 0.3) is 11.5 Å². The third-order valence-corrected chi connectivity index (χ3v) is 2.34. The number of nitrogens with zero attached hydrogens (tertiary/aromatic N) is 4. The lowest BCUT2D eigenvalue weighted by atomic mass is 10.3. The average Bonchev–Trinajstić information content (AvgIpc) is 2.30. The lowest BCUT2D eigenvalue weighted by Gasteiger charge is -2.01. The van der Waals surface area contributed by atoms with Crippen molar-refractivity contribution in [1.82, 2.24) is 19.9 Å². The van der Waals surface area contributed by atoms with Crippen LogP contribution in [0.15, 0.2) is 29.3 Å². The maximum Gasteiger partial charge on any atom is 0.355 e. The number of carbonyl (C=O) groups is 1. The highest BCUT2D eigenvalue weighted by Crippen LogP contribution is 2.17. The van der Waals surface area contributed by atoms with Gasteiger partial charge < -0.3 is 5.11 Å². The van der Waals surface area contributed by atoms with E-state index in [0.717, 1.165) is 0 Å². The third kappa shape index (κ3) is 2.03. The first-order chi connectivity index (χ1) is 7.68. The molecule has 0 bridgehead atoms. The largest absolute Gasteiger partial charge is 0.476 e. The van der Waals surface area contributed by atoms with Gasteiger partial charge in [0.2, 0.25) is 0 Å². The molecule has 0 atom stereocenters. The molecule has 2 aromatic heterocycles. The summed E-state index contributed by atoms with van der Waals surface area (Å²) in [7, 11) is 0. The SMILES string of the molecule is O=C(O)c1nc(-c2ccncn2)ncc1Br. The van der Waals surface area contributed by atoms with E-state index >= 15 is 0 Å². The van der Waals surface area contributed by atoms with Crippen LogP contribution in [0.2, 0.25) is 0 Å². The molecule has 2 rings (SSSR count). The molecule has 0 aliphatic rings. The maximum atomic E-state index is 10.9. The van der Waals surface area contributed by atoms with Gasteiger partial charge >= 0.3 is 5.97 Å². The molecule has 0 aromatic carbocycles. The second kappa shape index (κ2) is 4.31. The zero-order valence-electron chi connectivity index (χ0n) is 7.83. The van der Waals surface area contributed by atoms with Gasteiger partial charge in [-0.3, -0.25) is 0 Å². The first kappa shape index (κ1) is 10.6. The van der Waals surface area contributed by atoms with Crippen molar-refractivity contribution >= 4 is 21.9 Å². The van der Waals surface area contributed by atoms with Gasteiger partial charge in [0, 0.05) is 12.4 Å². The average molecular weight is 281 g/mol. The molecule has 2 heterocycles. The summed E-state index contributed by atoms with van der Waals surface area (Å²) in [5.41, 5.74) is 0.383. The van der Waals surface area contributed by atoms with Gasteiger partial charge in [-0.15, -0.1) is 0 Å². The molecule has 0 aliphatic heterocycles. The number of carboxylic acid groups (broad SMARTS) is 1. The fourth-order valence-electron chi connectivity index (χ4n) is 1.06. The monoisotopic (exact) mass is 280 g/mol. The van der Waals surface area contributed by atoms with Gasteiger partial charge in [-0.1, -0.05) is 0 Å². The highest BCUT2D eigenvalue weighted by Gasteiger charge is 2.13. The number of aromatic nitrogens is 4. The predicted octanol–water partition coefficient (Wildman–Crippen LogP) is 1.39. The second-order valence-corrected chi connectivity index (χ2v) is 3.64. The molecule has 7 heteroatoms. The Morgan fingerprint density at radius 3 is 2.81 bits per heavy atom. The predicted molar refractivity (Wildman–Crippen MR) is 57.7 cm³/mol. The van der Waals surface area contributed by atoms with Crippen molar-refractivity contribution in [1.29, 1.82) is 0 Å². The summed E-state index contributed by atoms with van der Waals surface area (Å²) < 4.78 is 0.331. The van der Waals surface area contributed by atoms with Crippen molar-refractivity contribution in [3.8, 4) is 11.5 Å². The minimum absolute atomic E-state index is 0.0939. The summed E-state index contributed by atoms with van der Waals surface area (Å²) in [4.78, 5) is 26.4. The van der Waals surface area contributed by atoms with E-state index in [1.807, 2.05) is 0 Å². The van der Waals surface area contributed by atoms with Crippen LogP contribution in [0, 0.1) is 0 Å². The Morgan fingerprint density at radius 2 is 2.19 bits per heavy atom. The van der Waals surface area contributed by atoms with Crippen LogP contribution in [0.4, 0.5) is 0 Å². The fraction of sp³-hybridized carbons (Fsp3) is 0. The number of carboxylic acids is 1. The molecule has 0 aliphatic carbocycles. The lowest BCUT2D eigenvalue weighted by Crippen LogP contribution is -2.04. The highest BCUT2D eigenvalue weighted by molar-refractivity contribution is 9.10. The Hall–Kier alpha value is -1.89. The van der Waals surface area contributed by atoms with Crippen LogP contribution in [0.1, 0.15) is 10.5 Å². The molecule has 0 unspecified atom stereocenters. The minimum atomic E-state index is -1.12. The summed E-state index contributed by atoms with van der Waals surface area (Å²) in [6.45, 7) is 0. The van der Waals surface area contributed by atoms with Crippen LogP contribution in [-0.2, 0) is 0 Å². The molecule has 0 saturated heterocycles. The Kier molecular flexibility index (Phi) is 2.86. The Labute approximate surface area is 98.6 Å². The topological polar surface area (TPSA) is 88.9 Å². The van der Waals surface area contributed by atoms with Crippen LogP contribution in [0.3, 0.4) is 0 Å². The van der Waals surface area contributed by atoms with Crippen molar-refractivity contribution < 1.29 is 9.90 Å². The van der Waals surface area contributed by atoms with E-state index in [0.29, 0.717) is 10.2 Å². The summed E-state index contributed by atoms with van der Waals surface area (Å²) >= 11 is 3.06. The number of hydrogen-bond acceptors (Lipinski definition) is 5. The van der Waals surface area contributed by atoms with Gasteiger partial charge in [0.25, 0.3) is 0 Å². The van der Waals surface area contributed by atoms with Crippen molar-refractivity contribution in [2.75, 3.05) is 0 Å². The van der Waals surface area contributed by atoms with E-state index in [1.54, 1.807) is 6.07 Å². The zero-order chi connectivity index (χ0) is 11.5. The standard InChI is InChI=1S/C9H5BrN4O2/c10-5-3-12-8(14-7(5)9(15)16)6-1-2-11-4-13-6/h1-4H,(H,15,16). The first-order valence-electron chi connectivity index (χ1n) is 4.20. The van der Waals surface area contributed by atoms with Gasteiger partial charge in [0.05, 0.1) is 4.47 Å². The Balaban J connectivity index is 2.52. The summed E-state index contributed by atoms with van der Waals surface area (Å²) in [6.07, 6.45) is 4.27. The molecule has 1 N–H and O–H groups in total. The van der Waals surface area contributed by atoms with Gasteiger partial charge in [0.15, 0.2) is 11.5 Å². The van der Waals surface area contributed by atoms with Crippen LogP contribution in [0.5, 0.6) is 0 Å². The van der Waals surface area contributed by atoms with E-state index in [2.05, 4.69) is 35.9 Å². The van der Waals surface area contributed by atoms with Gasteiger partial charge in [-0.2, -0.15) is 0 Å². The lowest BCUT2D eigenvalue weighted by molar-refractivity contribution is 0.0689. The van der Waals surface area contributed by atoms with Gasteiger partial charge in [-0.05, 0) is 22.0 Å². The zero-order valence-corrected chi connectivity index (χ0v) is 9.42. The molecular formula is C9H5BrN4O2. The van der Waals surface area contributed by atoms with Crippen LogP contribution >= 0.6 is 15.9 Å². The molecule has 16 heavy (non-hydrogen) atoms. The maximum absolute atomic E-state index is 10.9. The Morgan fingerprint density at radius 1 is 1.38 bits per heavy atom. The molecule has 80 valence electrons. The van der Waals surface area contributed by atoms with Crippen LogP contribution < -0.4 is 0 Å². The quantitative estimate of drug-likeness (QED) is 0.894. The number of halogens is 1. The molecule has 0 radical (unpaired) electrons. The molecule has 0 spiro atoms. The smallest absolute Gasteiger partial charge is 0.355 e. The number of aromatic carboxylic acids is 1. The molecule has 0 amide bonds. The Bertz CT molecular complexity index is 532. The van der Waals surface area contributed by atoms with Crippen molar-refractivity contribution in [2.24, 2.45) is 0 Å². The van der Waals surface area contributed by atoms with E-state index in [1.165, 1.54) is 18.7 Å². The molecule has 6 nitrogen and oxygen atoms in total.